The second-order valence-corrected chi connectivity index (χ2v) is 3.89. The van der Waals surface area contributed by atoms with Gasteiger partial charge >= 0.3 is 0 Å². The van der Waals surface area contributed by atoms with Crippen LogP contribution in [0.1, 0.15) is 0 Å². The molecule has 0 aliphatic carbocycles. The first-order valence-electron chi connectivity index (χ1n) is 3.47. The van der Waals surface area contributed by atoms with Crippen molar-refractivity contribution in [3.05, 3.63) is 0 Å². The lowest BCUT2D eigenvalue weighted by Crippen LogP contribution is -2.24. The largest absolute Gasteiger partial charge is 0.325 e. The van der Waals surface area contributed by atoms with E-state index >= 15 is 0 Å². The molecule has 0 fully saturated rings. The Hall–Kier alpha value is 0.270. The SMILES string of the molecule is COP(NCCN(C)C)OC. The Bertz CT molecular complexity index is 88.7. The van der Waals surface area contributed by atoms with Gasteiger partial charge in [-0.3, -0.25) is 0 Å². The highest BCUT2D eigenvalue weighted by Gasteiger charge is 2.03. The molecule has 0 bridgehead atoms. The molecule has 0 rings (SSSR count). The van der Waals surface area contributed by atoms with E-state index in [1.54, 1.807) is 14.2 Å². The molecule has 1 N–H and O–H groups in total. The summed E-state index contributed by atoms with van der Waals surface area (Å²) in [4.78, 5) is 2.10. The van der Waals surface area contributed by atoms with Crippen molar-refractivity contribution in [3.8, 4) is 0 Å². The minimum Gasteiger partial charge on any atom is -0.325 e. The molecule has 0 spiro atoms. The fraction of sp³-hybridized carbons (Fsp3) is 1.00. The second-order valence-electron chi connectivity index (χ2n) is 2.33. The molecule has 5 heteroatoms. The van der Waals surface area contributed by atoms with Gasteiger partial charge in [-0.15, -0.1) is 0 Å². The summed E-state index contributed by atoms with van der Waals surface area (Å²) >= 11 is 0. The van der Waals surface area contributed by atoms with Gasteiger partial charge in [-0.05, 0) is 14.1 Å². The maximum Gasteiger partial charge on any atom is 0.255 e. The molecule has 0 aromatic rings. The van der Waals surface area contributed by atoms with Gasteiger partial charge in [-0.2, -0.15) is 0 Å². The Kier molecular flexibility index (Phi) is 7.12. The molecule has 0 unspecified atom stereocenters. The number of nitrogens with zero attached hydrogens (tertiary/aromatic N) is 1. The van der Waals surface area contributed by atoms with Crippen molar-refractivity contribution in [3.63, 3.8) is 0 Å². The summed E-state index contributed by atoms with van der Waals surface area (Å²) in [5, 5.41) is 3.13. The van der Waals surface area contributed by atoms with Gasteiger partial charge in [0, 0.05) is 27.3 Å². The molecule has 68 valence electrons. The average molecular weight is 180 g/mol. The predicted octanol–water partition coefficient (Wildman–Crippen LogP) is 0.657. The Morgan fingerprint density at radius 3 is 2.18 bits per heavy atom. The molecule has 0 amide bonds. The Morgan fingerprint density at radius 1 is 1.27 bits per heavy atom. The van der Waals surface area contributed by atoms with Crippen LogP contribution in [0.15, 0.2) is 0 Å². The topological polar surface area (TPSA) is 33.7 Å². The molecule has 0 saturated carbocycles. The zero-order chi connectivity index (χ0) is 8.69. The highest BCUT2D eigenvalue weighted by molar-refractivity contribution is 7.44. The van der Waals surface area contributed by atoms with Crippen molar-refractivity contribution >= 4 is 8.53 Å². The number of hydrogen-bond donors (Lipinski definition) is 1. The molecule has 0 heterocycles. The minimum atomic E-state index is -0.864. The van der Waals surface area contributed by atoms with Crippen LogP contribution in [0.2, 0.25) is 0 Å². The monoisotopic (exact) mass is 180 g/mol. The summed E-state index contributed by atoms with van der Waals surface area (Å²) < 4.78 is 9.99. The van der Waals surface area contributed by atoms with Crippen LogP contribution in [0, 0.1) is 0 Å². The van der Waals surface area contributed by atoms with Crippen LogP contribution in [0.3, 0.4) is 0 Å². The summed E-state index contributed by atoms with van der Waals surface area (Å²) in [5.41, 5.74) is 0. The fourth-order valence-corrected chi connectivity index (χ4v) is 1.26. The van der Waals surface area contributed by atoms with Crippen molar-refractivity contribution in [2.45, 2.75) is 0 Å². The van der Waals surface area contributed by atoms with Crippen LogP contribution in [-0.4, -0.2) is 46.3 Å². The Labute approximate surface area is 69.8 Å². The third kappa shape index (κ3) is 6.66. The summed E-state index contributed by atoms with van der Waals surface area (Å²) in [5.74, 6) is 0. The zero-order valence-corrected chi connectivity index (χ0v) is 8.52. The normalized spacial score (nSPS) is 11.5. The first-order valence-corrected chi connectivity index (χ1v) is 4.65. The number of rotatable bonds is 6. The van der Waals surface area contributed by atoms with E-state index in [2.05, 4.69) is 9.99 Å². The fourth-order valence-electron chi connectivity index (χ4n) is 0.569. The molecular formula is C6H17N2O2P. The van der Waals surface area contributed by atoms with E-state index in [-0.39, 0.29) is 0 Å². The van der Waals surface area contributed by atoms with E-state index in [0.717, 1.165) is 13.1 Å². The van der Waals surface area contributed by atoms with Gasteiger partial charge in [0.25, 0.3) is 8.53 Å². The van der Waals surface area contributed by atoms with Gasteiger partial charge in [0.05, 0.1) is 0 Å². The molecule has 0 saturated heterocycles. The average Bonchev–Trinajstić information content (AvgIpc) is 1.98. The number of nitrogens with one attached hydrogen (secondary N) is 1. The second kappa shape index (κ2) is 6.95. The summed E-state index contributed by atoms with van der Waals surface area (Å²) in [7, 11) is 6.47. The highest BCUT2D eigenvalue weighted by Crippen LogP contribution is 2.29. The summed E-state index contributed by atoms with van der Waals surface area (Å²) in [6, 6.07) is 0. The van der Waals surface area contributed by atoms with Crippen molar-refractivity contribution in [1.29, 1.82) is 0 Å². The lowest BCUT2D eigenvalue weighted by molar-refractivity contribution is 0.325. The molecule has 0 atom stereocenters. The maximum atomic E-state index is 4.99. The predicted molar refractivity (Wildman–Crippen MR) is 47.5 cm³/mol. The first kappa shape index (κ1) is 11.3. The van der Waals surface area contributed by atoms with E-state index in [1.807, 2.05) is 14.1 Å². The molecule has 11 heavy (non-hydrogen) atoms. The van der Waals surface area contributed by atoms with Gasteiger partial charge in [-0.25, -0.2) is 5.09 Å². The van der Waals surface area contributed by atoms with E-state index in [0.29, 0.717) is 0 Å². The van der Waals surface area contributed by atoms with Crippen molar-refractivity contribution in [1.82, 2.24) is 9.99 Å². The smallest absolute Gasteiger partial charge is 0.255 e. The van der Waals surface area contributed by atoms with E-state index < -0.39 is 8.53 Å². The minimum absolute atomic E-state index is 0.864. The van der Waals surface area contributed by atoms with E-state index in [4.69, 9.17) is 9.05 Å². The van der Waals surface area contributed by atoms with Crippen LogP contribution in [0.25, 0.3) is 0 Å². The van der Waals surface area contributed by atoms with Gasteiger partial charge in [0.15, 0.2) is 0 Å². The van der Waals surface area contributed by atoms with Gasteiger partial charge < -0.3 is 13.9 Å². The molecule has 4 nitrogen and oxygen atoms in total. The van der Waals surface area contributed by atoms with Gasteiger partial charge in [-0.1, -0.05) is 0 Å². The van der Waals surface area contributed by atoms with Crippen molar-refractivity contribution in [2.24, 2.45) is 0 Å². The lowest BCUT2D eigenvalue weighted by atomic mass is 10.6. The third-order valence-corrected chi connectivity index (χ3v) is 2.28. The molecule has 0 aromatic heterocycles. The summed E-state index contributed by atoms with van der Waals surface area (Å²) in [6.45, 7) is 1.88. The van der Waals surface area contributed by atoms with E-state index in [1.165, 1.54) is 0 Å². The van der Waals surface area contributed by atoms with Crippen LogP contribution in [0.5, 0.6) is 0 Å². The lowest BCUT2D eigenvalue weighted by Gasteiger charge is -2.15. The van der Waals surface area contributed by atoms with Crippen LogP contribution >= 0.6 is 8.53 Å². The molecule has 0 aromatic carbocycles. The van der Waals surface area contributed by atoms with Crippen LogP contribution in [-0.2, 0) is 9.05 Å². The Morgan fingerprint density at radius 2 is 1.82 bits per heavy atom. The molecule has 0 aliphatic rings. The van der Waals surface area contributed by atoms with Crippen molar-refractivity contribution < 1.29 is 9.05 Å². The number of likely N-dealkylation sites (N-methyl/N-ethyl adjacent to an activating group) is 1. The Balaban J connectivity index is 3.21. The zero-order valence-electron chi connectivity index (χ0n) is 7.63. The summed E-state index contributed by atoms with van der Waals surface area (Å²) in [6.07, 6.45) is 0. The van der Waals surface area contributed by atoms with Crippen LogP contribution < -0.4 is 5.09 Å². The molecular weight excluding hydrogens is 163 g/mol. The molecule has 0 radical (unpaired) electrons. The maximum absolute atomic E-state index is 4.99. The highest BCUT2D eigenvalue weighted by atomic mass is 31.2. The van der Waals surface area contributed by atoms with E-state index in [9.17, 15) is 0 Å². The van der Waals surface area contributed by atoms with Gasteiger partial charge in [0.2, 0.25) is 0 Å². The number of hydrogen-bond acceptors (Lipinski definition) is 4. The first-order chi connectivity index (χ1) is 5.20. The quantitative estimate of drug-likeness (QED) is 0.609. The van der Waals surface area contributed by atoms with Crippen molar-refractivity contribution in [2.75, 3.05) is 41.4 Å². The third-order valence-electron chi connectivity index (χ3n) is 1.13. The van der Waals surface area contributed by atoms with Crippen LogP contribution in [0.4, 0.5) is 0 Å². The van der Waals surface area contributed by atoms with Gasteiger partial charge in [0.1, 0.15) is 0 Å². The standard InChI is InChI=1S/C6H17N2O2P/c1-8(2)6-5-7-11(9-3)10-4/h7H,5-6H2,1-4H3. The molecule has 0 aliphatic heterocycles.